The average Bonchev–Trinajstić information content (AvgIpc) is 3.49. The third-order valence-electron chi connectivity index (χ3n) is 4.82. The average molecular weight is 393 g/mol. The molecule has 0 radical (unpaired) electrons. The molecule has 29 heavy (non-hydrogen) atoms. The Morgan fingerprint density at radius 3 is 2.76 bits per heavy atom. The third kappa shape index (κ3) is 3.96. The van der Waals surface area contributed by atoms with Crippen LogP contribution < -0.4 is 4.74 Å². The summed E-state index contributed by atoms with van der Waals surface area (Å²) in [5, 5.41) is 15.1. The molecule has 8 nitrogen and oxygen atoms in total. The molecule has 1 fully saturated rings. The fourth-order valence-electron chi connectivity index (χ4n) is 3.21. The molecule has 0 N–H and O–H groups in total. The van der Waals surface area contributed by atoms with Gasteiger partial charge in [0.1, 0.15) is 11.4 Å². The molecule has 4 rings (SSSR count). The van der Waals surface area contributed by atoms with Gasteiger partial charge in [-0.3, -0.25) is 14.9 Å². The zero-order chi connectivity index (χ0) is 20.4. The normalized spacial score (nSPS) is 13.1. The van der Waals surface area contributed by atoms with Gasteiger partial charge in [-0.15, -0.1) is 0 Å². The number of carbonyl (C=O) groups excluding carboxylic acids is 1. The van der Waals surface area contributed by atoms with Crippen molar-refractivity contribution in [3.05, 3.63) is 76.0 Å². The molecule has 1 heterocycles. The highest BCUT2D eigenvalue weighted by molar-refractivity contribution is 5.95. The van der Waals surface area contributed by atoms with Crippen molar-refractivity contribution in [3.8, 4) is 17.1 Å². The quantitative estimate of drug-likeness (QED) is 0.443. The van der Waals surface area contributed by atoms with Gasteiger partial charge in [-0.1, -0.05) is 23.4 Å². The first kappa shape index (κ1) is 18.7. The number of nitro groups is 1. The smallest absolute Gasteiger partial charge is 0.270 e. The predicted octanol–water partition coefficient (Wildman–Crippen LogP) is 4.06. The van der Waals surface area contributed by atoms with Crippen LogP contribution in [0.1, 0.15) is 28.9 Å². The van der Waals surface area contributed by atoms with E-state index in [-0.39, 0.29) is 24.2 Å². The van der Waals surface area contributed by atoms with Gasteiger partial charge in [-0.25, -0.2) is 0 Å². The fourth-order valence-corrected chi connectivity index (χ4v) is 3.21. The van der Waals surface area contributed by atoms with Gasteiger partial charge in [-0.05, 0) is 31.0 Å². The Balaban J connectivity index is 1.57. The minimum Gasteiger partial charge on any atom is -0.496 e. The maximum atomic E-state index is 13.0. The van der Waals surface area contributed by atoms with E-state index in [2.05, 4.69) is 5.16 Å². The molecule has 1 aliphatic rings. The monoisotopic (exact) mass is 393 g/mol. The SMILES string of the molecule is COc1ccccc1-c1cc(CN(C(=O)c2cccc([N+](=O)[O-])c2)C2CC2)no1. The molecule has 0 unspecified atom stereocenters. The van der Waals surface area contributed by atoms with Gasteiger partial charge < -0.3 is 14.2 Å². The molecule has 0 saturated heterocycles. The summed E-state index contributed by atoms with van der Waals surface area (Å²) < 4.78 is 10.8. The molecular formula is C21H19N3O5. The lowest BCUT2D eigenvalue weighted by Crippen LogP contribution is -2.32. The molecule has 148 valence electrons. The number of rotatable bonds is 7. The number of nitrogens with zero attached hydrogens (tertiary/aromatic N) is 3. The molecular weight excluding hydrogens is 374 g/mol. The van der Waals surface area contributed by atoms with Crippen LogP contribution in [-0.4, -0.2) is 34.0 Å². The number of nitro benzene ring substituents is 1. The Kier molecular flexibility index (Phi) is 4.99. The second kappa shape index (κ2) is 7.75. The maximum absolute atomic E-state index is 13.0. The highest BCUT2D eigenvalue weighted by Crippen LogP contribution is 2.33. The van der Waals surface area contributed by atoms with Gasteiger partial charge >= 0.3 is 0 Å². The zero-order valence-electron chi connectivity index (χ0n) is 15.8. The highest BCUT2D eigenvalue weighted by Gasteiger charge is 2.34. The van der Waals surface area contributed by atoms with E-state index in [1.165, 1.54) is 18.2 Å². The van der Waals surface area contributed by atoms with E-state index in [1.54, 1.807) is 24.1 Å². The van der Waals surface area contributed by atoms with Crippen LogP contribution in [0.2, 0.25) is 0 Å². The summed E-state index contributed by atoms with van der Waals surface area (Å²) in [4.78, 5) is 25.2. The second-order valence-corrected chi connectivity index (χ2v) is 6.85. The van der Waals surface area contributed by atoms with Gasteiger partial charge in [0.15, 0.2) is 5.76 Å². The molecule has 1 aliphatic carbocycles. The lowest BCUT2D eigenvalue weighted by molar-refractivity contribution is -0.384. The summed E-state index contributed by atoms with van der Waals surface area (Å²) in [6, 6.07) is 15.1. The summed E-state index contributed by atoms with van der Waals surface area (Å²) >= 11 is 0. The Morgan fingerprint density at radius 1 is 1.24 bits per heavy atom. The molecule has 1 amide bonds. The highest BCUT2D eigenvalue weighted by atomic mass is 16.6. The fraction of sp³-hybridized carbons (Fsp3) is 0.238. The Hall–Kier alpha value is -3.68. The van der Waals surface area contributed by atoms with Gasteiger partial charge in [0.05, 0.1) is 24.1 Å². The Labute approximate surface area is 166 Å². The van der Waals surface area contributed by atoms with Crippen molar-refractivity contribution < 1.29 is 19.0 Å². The van der Waals surface area contributed by atoms with E-state index < -0.39 is 4.92 Å². The molecule has 3 aromatic rings. The number of hydrogen-bond donors (Lipinski definition) is 0. The molecule has 1 aromatic heterocycles. The topological polar surface area (TPSA) is 98.7 Å². The van der Waals surface area contributed by atoms with Crippen LogP contribution in [0.4, 0.5) is 5.69 Å². The number of aromatic nitrogens is 1. The van der Waals surface area contributed by atoms with E-state index in [1.807, 2.05) is 24.3 Å². The minimum atomic E-state index is -0.505. The minimum absolute atomic E-state index is 0.105. The van der Waals surface area contributed by atoms with E-state index in [0.29, 0.717) is 22.8 Å². The Morgan fingerprint density at radius 2 is 2.03 bits per heavy atom. The standard InChI is InChI=1S/C21H19N3O5/c1-28-19-8-3-2-7-18(19)20-12-15(22-29-20)13-23(16-9-10-16)21(25)14-5-4-6-17(11-14)24(26)27/h2-8,11-12,16H,9-10,13H2,1H3. The number of hydrogen-bond acceptors (Lipinski definition) is 6. The first-order valence-corrected chi connectivity index (χ1v) is 9.21. The lowest BCUT2D eigenvalue weighted by atomic mass is 10.1. The number of methoxy groups -OCH3 is 1. The van der Waals surface area contributed by atoms with Crippen LogP contribution in [0.3, 0.4) is 0 Å². The van der Waals surface area contributed by atoms with Gasteiger partial charge in [0.2, 0.25) is 0 Å². The maximum Gasteiger partial charge on any atom is 0.270 e. The van der Waals surface area contributed by atoms with Gasteiger partial charge in [-0.2, -0.15) is 0 Å². The first-order chi connectivity index (χ1) is 14.1. The van der Waals surface area contributed by atoms with Crippen molar-refractivity contribution in [3.63, 3.8) is 0 Å². The van der Waals surface area contributed by atoms with Crippen LogP contribution >= 0.6 is 0 Å². The second-order valence-electron chi connectivity index (χ2n) is 6.85. The summed E-state index contributed by atoms with van der Waals surface area (Å²) in [6.07, 6.45) is 1.80. The van der Waals surface area contributed by atoms with E-state index in [4.69, 9.17) is 9.26 Å². The number of ether oxygens (including phenoxy) is 1. The van der Waals surface area contributed by atoms with Gasteiger partial charge in [0, 0.05) is 29.8 Å². The van der Waals surface area contributed by atoms with Crippen molar-refractivity contribution in [1.29, 1.82) is 0 Å². The molecule has 0 bridgehead atoms. The summed E-state index contributed by atoms with van der Waals surface area (Å²) in [5.74, 6) is 0.968. The van der Waals surface area contributed by atoms with E-state index >= 15 is 0 Å². The number of carbonyl (C=O) groups is 1. The zero-order valence-corrected chi connectivity index (χ0v) is 15.8. The molecule has 0 aliphatic heterocycles. The molecule has 0 spiro atoms. The Bertz CT molecular complexity index is 1060. The number of benzene rings is 2. The van der Waals surface area contributed by atoms with Crippen molar-refractivity contribution in [1.82, 2.24) is 10.1 Å². The summed E-state index contributed by atoms with van der Waals surface area (Å²) in [5.41, 5.74) is 1.57. The third-order valence-corrected chi connectivity index (χ3v) is 4.82. The lowest BCUT2D eigenvalue weighted by Gasteiger charge is -2.21. The van der Waals surface area contributed by atoms with Crippen LogP contribution in [0.15, 0.2) is 59.1 Å². The van der Waals surface area contributed by atoms with Crippen LogP contribution in [0, 0.1) is 10.1 Å². The number of amides is 1. The van der Waals surface area contributed by atoms with Crippen LogP contribution in [-0.2, 0) is 6.54 Å². The van der Waals surface area contributed by atoms with Crippen molar-refractivity contribution >= 4 is 11.6 Å². The van der Waals surface area contributed by atoms with E-state index in [9.17, 15) is 14.9 Å². The largest absolute Gasteiger partial charge is 0.496 e. The van der Waals surface area contributed by atoms with Crippen molar-refractivity contribution in [2.75, 3.05) is 7.11 Å². The molecule has 0 atom stereocenters. The summed E-state index contributed by atoms with van der Waals surface area (Å²) in [6.45, 7) is 0.269. The first-order valence-electron chi connectivity index (χ1n) is 9.21. The van der Waals surface area contributed by atoms with Gasteiger partial charge in [0.25, 0.3) is 11.6 Å². The summed E-state index contributed by atoms with van der Waals surface area (Å²) in [7, 11) is 1.59. The molecule has 8 heteroatoms. The molecule has 2 aromatic carbocycles. The molecule has 1 saturated carbocycles. The predicted molar refractivity (Wildman–Crippen MR) is 104 cm³/mol. The van der Waals surface area contributed by atoms with Crippen molar-refractivity contribution in [2.24, 2.45) is 0 Å². The van der Waals surface area contributed by atoms with E-state index in [0.717, 1.165) is 18.4 Å². The number of para-hydroxylation sites is 1. The van der Waals surface area contributed by atoms with Crippen LogP contribution in [0.25, 0.3) is 11.3 Å². The van der Waals surface area contributed by atoms with Crippen molar-refractivity contribution in [2.45, 2.75) is 25.4 Å². The number of non-ortho nitro benzene ring substituents is 1. The van der Waals surface area contributed by atoms with Crippen LogP contribution in [0.5, 0.6) is 5.75 Å².